The van der Waals surface area contributed by atoms with Crippen LogP contribution in [0.5, 0.6) is 5.75 Å². The van der Waals surface area contributed by atoms with Crippen molar-refractivity contribution in [1.29, 1.82) is 0 Å². The number of hydrogen-bond acceptors (Lipinski definition) is 7. The molecule has 0 fully saturated rings. The van der Waals surface area contributed by atoms with Gasteiger partial charge in [-0.3, -0.25) is 14.4 Å². The third kappa shape index (κ3) is 7.91. The first kappa shape index (κ1) is 27.9. The molecule has 2 heterocycles. The molecule has 10 heteroatoms. The third-order valence-electron chi connectivity index (χ3n) is 6.03. The van der Waals surface area contributed by atoms with Crippen LogP contribution in [0.4, 0.5) is 5.82 Å². The summed E-state index contributed by atoms with van der Waals surface area (Å²) in [6, 6.07) is 11.6. The smallest absolute Gasteiger partial charge is 0.247 e. The molecule has 198 valence electrons. The SMILES string of the molecule is CCC(C)(C)NC(=O)[C@H](c1ccc(OC)cc1)N(Cc1cccs1)C(=O)CCC(=O)Nc1cc(C)on1. The molecule has 0 saturated heterocycles. The maximum absolute atomic E-state index is 13.7. The number of nitrogens with zero attached hydrogens (tertiary/aromatic N) is 2. The quantitative estimate of drug-likeness (QED) is 0.349. The van der Waals surface area contributed by atoms with E-state index in [-0.39, 0.29) is 37.1 Å². The molecule has 0 aliphatic carbocycles. The largest absolute Gasteiger partial charge is 0.497 e. The summed E-state index contributed by atoms with van der Waals surface area (Å²) in [7, 11) is 1.57. The van der Waals surface area contributed by atoms with Crippen LogP contribution in [0.15, 0.2) is 52.4 Å². The Labute approximate surface area is 221 Å². The molecule has 0 aliphatic rings. The van der Waals surface area contributed by atoms with Gasteiger partial charge < -0.3 is 24.8 Å². The van der Waals surface area contributed by atoms with E-state index in [0.717, 1.165) is 4.88 Å². The van der Waals surface area contributed by atoms with Gasteiger partial charge in [-0.1, -0.05) is 30.3 Å². The van der Waals surface area contributed by atoms with Crippen LogP contribution in [-0.4, -0.2) is 40.4 Å². The van der Waals surface area contributed by atoms with E-state index in [9.17, 15) is 14.4 Å². The van der Waals surface area contributed by atoms with E-state index in [1.165, 1.54) is 11.3 Å². The van der Waals surface area contributed by atoms with Crippen molar-refractivity contribution in [3.05, 3.63) is 64.0 Å². The molecule has 1 atom stereocenters. The van der Waals surface area contributed by atoms with Crippen molar-refractivity contribution in [3.63, 3.8) is 0 Å². The van der Waals surface area contributed by atoms with Gasteiger partial charge in [0.2, 0.25) is 17.7 Å². The zero-order valence-electron chi connectivity index (χ0n) is 21.9. The van der Waals surface area contributed by atoms with Crippen molar-refractivity contribution in [3.8, 4) is 5.75 Å². The molecule has 2 N–H and O–H groups in total. The second-order valence-corrected chi connectivity index (χ2v) is 10.4. The summed E-state index contributed by atoms with van der Waals surface area (Å²) in [6.07, 6.45) is 0.572. The number of aromatic nitrogens is 1. The van der Waals surface area contributed by atoms with Gasteiger partial charge in [0.25, 0.3) is 0 Å². The van der Waals surface area contributed by atoms with Gasteiger partial charge in [-0.2, -0.15) is 0 Å². The lowest BCUT2D eigenvalue weighted by Crippen LogP contribution is -2.50. The highest BCUT2D eigenvalue weighted by atomic mass is 32.1. The number of hydrogen-bond donors (Lipinski definition) is 2. The van der Waals surface area contributed by atoms with Crippen molar-refractivity contribution in [2.45, 2.75) is 65.1 Å². The van der Waals surface area contributed by atoms with Gasteiger partial charge in [0.1, 0.15) is 17.6 Å². The van der Waals surface area contributed by atoms with Crippen LogP contribution in [-0.2, 0) is 20.9 Å². The molecule has 0 aliphatic heterocycles. The van der Waals surface area contributed by atoms with Gasteiger partial charge in [-0.25, -0.2) is 0 Å². The summed E-state index contributed by atoms with van der Waals surface area (Å²) in [5.74, 6) is 0.539. The number of anilines is 1. The highest BCUT2D eigenvalue weighted by Crippen LogP contribution is 2.28. The van der Waals surface area contributed by atoms with Crippen LogP contribution in [0.3, 0.4) is 0 Å². The Morgan fingerprint density at radius 1 is 1.16 bits per heavy atom. The Hall–Kier alpha value is -3.66. The number of thiophene rings is 1. The number of amides is 3. The van der Waals surface area contributed by atoms with Crippen LogP contribution >= 0.6 is 11.3 Å². The molecule has 37 heavy (non-hydrogen) atoms. The molecular formula is C27H34N4O5S. The minimum absolute atomic E-state index is 0.0664. The van der Waals surface area contributed by atoms with E-state index in [0.29, 0.717) is 29.3 Å². The number of rotatable bonds is 12. The summed E-state index contributed by atoms with van der Waals surface area (Å²) in [4.78, 5) is 42.3. The van der Waals surface area contributed by atoms with E-state index >= 15 is 0 Å². The highest BCUT2D eigenvalue weighted by Gasteiger charge is 2.34. The fraction of sp³-hybridized carbons (Fsp3) is 0.407. The zero-order valence-corrected chi connectivity index (χ0v) is 22.7. The van der Waals surface area contributed by atoms with Crippen molar-refractivity contribution < 1.29 is 23.6 Å². The molecule has 0 bridgehead atoms. The third-order valence-corrected chi connectivity index (χ3v) is 6.89. The second kappa shape index (κ2) is 12.5. The van der Waals surface area contributed by atoms with Crippen LogP contribution in [0, 0.1) is 6.92 Å². The van der Waals surface area contributed by atoms with Gasteiger partial charge in [-0.15, -0.1) is 11.3 Å². The van der Waals surface area contributed by atoms with E-state index in [2.05, 4.69) is 15.8 Å². The first-order chi connectivity index (χ1) is 17.6. The summed E-state index contributed by atoms with van der Waals surface area (Å²) in [5, 5.41) is 11.4. The highest BCUT2D eigenvalue weighted by molar-refractivity contribution is 7.09. The lowest BCUT2D eigenvalue weighted by Gasteiger charge is -2.34. The number of carbonyl (C=O) groups excluding carboxylic acids is 3. The fourth-order valence-electron chi connectivity index (χ4n) is 3.64. The molecule has 9 nitrogen and oxygen atoms in total. The minimum atomic E-state index is -0.896. The second-order valence-electron chi connectivity index (χ2n) is 9.37. The maximum atomic E-state index is 13.7. The molecule has 0 saturated carbocycles. The molecule has 3 aromatic rings. The molecule has 2 aromatic heterocycles. The summed E-state index contributed by atoms with van der Waals surface area (Å²) in [6.45, 7) is 7.83. The monoisotopic (exact) mass is 526 g/mol. The van der Waals surface area contributed by atoms with Gasteiger partial charge in [0.15, 0.2) is 5.82 Å². The first-order valence-corrected chi connectivity index (χ1v) is 13.0. The topological polar surface area (TPSA) is 114 Å². The Bertz CT molecular complexity index is 1190. The Morgan fingerprint density at radius 3 is 2.46 bits per heavy atom. The average molecular weight is 527 g/mol. The molecule has 0 radical (unpaired) electrons. The molecular weight excluding hydrogens is 492 g/mol. The zero-order chi connectivity index (χ0) is 27.0. The molecule has 0 spiro atoms. The average Bonchev–Trinajstić information content (AvgIpc) is 3.53. The Morgan fingerprint density at radius 2 is 1.89 bits per heavy atom. The Kier molecular flexibility index (Phi) is 9.46. The predicted octanol–water partition coefficient (Wildman–Crippen LogP) is 4.85. The number of methoxy groups -OCH3 is 1. The Balaban J connectivity index is 1.88. The van der Waals surface area contributed by atoms with Gasteiger partial charge >= 0.3 is 0 Å². The van der Waals surface area contributed by atoms with Crippen LogP contribution in [0.25, 0.3) is 0 Å². The van der Waals surface area contributed by atoms with Crippen molar-refractivity contribution in [2.75, 3.05) is 12.4 Å². The van der Waals surface area contributed by atoms with Gasteiger partial charge in [0, 0.05) is 29.3 Å². The maximum Gasteiger partial charge on any atom is 0.247 e. The van der Waals surface area contributed by atoms with Crippen molar-refractivity contribution >= 4 is 34.9 Å². The first-order valence-electron chi connectivity index (χ1n) is 12.1. The van der Waals surface area contributed by atoms with Gasteiger partial charge in [0.05, 0.1) is 13.7 Å². The summed E-state index contributed by atoms with van der Waals surface area (Å²) >= 11 is 1.50. The lowest BCUT2D eigenvalue weighted by atomic mass is 9.98. The number of benzene rings is 1. The van der Waals surface area contributed by atoms with E-state index in [1.807, 2.05) is 38.3 Å². The van der Waals surface area contributed by atoms with Crippen molar-refractivity contribution in [1.82, 2.24) is 15.4 Å². The molecule has 3 rings (SSSR count). The van der Waals surface area contributed by atoms with E-state index in [4.69, 9.17) is 9.26 Å². The number of aryl methyl sites for hydroxylation is 1. The minimum Gasteiger partial charge on any atom is -0.497 e. The van der Waals surface area contributed by atoms with Crippen LogP contribution in [0.2, 0.25) is 0 Å². The van der Waals surface area contributed by atoms with Crippen LogP contribution in [0.1, 0.15) is 62.3 Å². The number of nitrogens with one attached hydrogen (secondary N) is 2. The van der Waals surface area contributed by atoms with Gasteiger partial charge in [-0.05, 0) is 56.3 Å². The predicted molar refractivity (Wildman–Crippen MR) is 142 cm³/mol. The number of carbonyl (C=O) groups is 3. The standard InChI is InChI=1S/C27H34N4O5S/c1-6-27(3,4)29-26(34)25(19-9-11-20(35-5)12-10-19)31(17-21-8-7-15-37-21)24(33)14-13-23(32)28-22-16-18(2)36-30-22/h7-12,15-16,25H,6,13-14,17H2,1-5H3,(H,29,34)(H,28,30,32)/t25-/m0/s1. The normalized spacial score (nSPS) is 12.0. The fourth-order valence-corrected chi connectivity index (χ4v) is 4.34. The van der Waals surface area contributed by atoms with E-state index < -0.39 is 11.6 Å². The molecule has 3 amide bonds. The molecule has 0 unspecified atom stereocenters. The van der Waals surface area contributed by atoms with Crippen LogP contribution < -0.4 is 15.4 Å². The molecule has 1 aromatic carbocycles. The number of ether oxygens (including phenoxy) is 1. The summed E-state index contributed by atoms with van der Waals surface area (Å²) in [5.41, 5.74) is 0.187. The van der Waals surface area contributed by atoms with E-state index in [1.54, 1.807) is 49.3 Å². The van der Waals surface area contributed by atoms with Crippen molar-refractivity contribution in [2.24, 2.45) is 0 Å². The summed E-state index contributed by atoms with van der Waals surface area (Å²) < 4.78 is 10.2. The lowest BCUT2D eigenvalue weighted by molar-refractivity contribution is -0.142.